The van der Waals surface area contributed by atoms with E-state index >= 15 is 0 Å². The minimum absolute atomic E-state index is 0.0155. The number of benzene rings is 1. The highest BCUT2D eigenvalue weighted by atomic mass is 32.2. The summed E-state index contributed by atoms with van der Waals surface area (Å²) in [5, 5.41) is 5.01. The molecule has 1 aromatic carbocycles. The Bertz CT molecular complexity index is 523. The molecule has 0 saturated heterocycles. The van der Waals surface area contributed by atoms with Crippen LogP contribution >= 0.6 is 0 Å². The number of carbonyl (C=O) groups excluding carboxylic acids is 1. The molecule has 0 aliphatic carbocycles. The first-order chi connectivity index (χ1) is 7.23. The summed E-state index contributed by atoms with van der Waals surface area (Å²) in [6.07, 6.45) is 0. The fraction of sp³-hybridized carbons (Fsp3) is 0.222. The molecule has 1 rings (SSSR count). The zero-order valence-corrected chi connectivity index (χ0v) is 9.78. The number of hydrogen-bond donors (Lipinski definition) is 2. The van der Waals surface area contributed by atoms with Crippen LogP contribution in [0.25, 0.3) is 0 Å². The van der Waals surface area contributed by atoms with E-state index in [9.17, 15) is 13.2 Å². The second-order valence-electron chi connectivity index (χ2n) is 3.50. The predicted molar refractivity (Wildman–Crippen MR) is 60.2 cm³/mol. The average Bonchev–Trinajstić information content (AvgIpc) is 2.15. The van der Waals surface area contributed by atoms with Crippen molar-refractivity contribution in [1.82, 2.24) is 4.90 Å². The van der Waals surface area contributed by atoms with Crippen molar-refractivity contribution in [2.45, 2.75) is 4.90 Å². The molecule has 0 heterocycles. The first-order valence-electron chi connectivity index (χ1n) is 4.37. The van der Waals surface area contributed by atoms with Crippen molar-refractivity contribution in [2.24, 2.45) is 5.14 Å². The van der Waals surface area contributed by atoms with Gasteiger partial charge in [0.2, 0.25) is 10.0 Å². The van der Waals surface area contributed by atoms with Crippen molar-refractivity contribution in [3.8, 4) is 0 Å². The van der Waals surface area contributed by atoms with Crippen molar-refractivity contribution >= 4 is 21.6 Å². The Hall–Kier alpha value is -1.60. The van der Waals surface area contributed by atoms with E-state index in [1.165, 1.54) is 37.2 Å². The van der Waals surface area contributed by atoms with Crippen molar-refractivity contribution in [3.05, 3.63) is 23.8 Å². The highest BCUT2D eigenvalue weighted by Gasteiger charge is 2.20. The molecule has 0 aliphatic heterocycles. The predicted octanol–water partition coefficient (Wildman–Crippen LogP) is -0.382. The third-order valence-electron chi connectivity index (χ3n) is 1.95. The summed E-state index contributed by atoms with van der Waals surface area (Å²) >= 11 is 0. The van der Waals surface area contributed by atoms with E-state index in [-0.39, 0.29) is 16.1 Å². The molecule has 0 bridgehead atoms. The van der Waals surface area contributed by atoms with Crippen LogP contribution in [0.3, 0.4) is 0 Å². The lowest BCUT2D eigenvalue weighted by molar-refractivity contribution is 0.0824. The lowest BCUT2D eigenvalue weighted by Crippen LogP contribution is -2.25. The van der Waals surface area contributed by atoms with Gasteiger partial charge < -0.3 is 10.6 Å². The first kappa shape index (κ1) is 12.5. The smallest absolute Gasteiger partial charge is 0.254 e. The lowest BCUT2D eigenvalue weighted by Gasteiger charge is -2.13. The van der Waals surface area contributed by atoms with Gasteiger partial charge in [0.15, 0.2) is 0 Å². The summed E-state index contributed by atoms with van der Waals surface area (Å²) in [5.74, 6) is -0.441. The molecule has 88 valence electrons. The highest BCUT2D eigenvalue weighted by Crippen LogP contribution is 2.18. The number of nitrogens with zero attached hydrogens (tertiary/aromatic N) is 1. The fourth-order valence-corrected chi connectivity index (χ4v) is 1.95. The maximum Gasteiger partial charge on any atom is 0.254 e. The molecule has 16 heavy (non-hydrogen) atoms. The zero-order valence-electron chi connectivity index (χ0n) is 8.97. The molecule has 0 radical (unpaired) electrons. The summed E-state index contributed by atoms with van der Waals surface area (Å²) in [7, 11) is -0.923. The molecule has 0 fully saturated rings. The topological polar surface area (TPSA) is 106 Å². The maximum atomic E-state index is 11.7. The monoisotopic (exact) mass is 243 g/mol. The van der Waals surface area contributed by atoms with Gasteiger partial charge in [0.25, 0.3) is 5.91 Å². The summed E-state index contributed by atoms with van der Waals surface area (Å²) in [6, 6.07) is 3.97. The standard InChI is InChI=1S/C9H13N3O3S/c1-12(2)9(13)7-4-3-6(10)5-8(7)16(11,14)15/h3-5H,10H2,1-2H3,(H2,11,14,15). The van der Waals surface area contributed by atoms with Crippen LogP contribution in [-0.2, 0) is 10.0 Å². The van der Waals surface area contributed by atoms with Gasteiger partial charge in [-0.3, -0.25) is 4.79 Å². The number of sulfonamides is 1. The van der Waals surface area contributed by atoms with Gasteiger partial charge >= 0.3 is 0 Å². The van der Waals surface area contributed by atoms with E-state index in [0.29, 0.717) is 0 Å². The molecule has 0 aromatic heterocycles. The minimum Gasteiger partial charge on any atom is -0.399 e. The van der Waals surface area contributed by atoms with Gasteiger partial charge in [-0.1, -0.05) is 0 Å². The largest absolute Gasteiger partial charge is 0.399 e. The molecule has 4 N–H and O–H groups in total. The van der Waals surface area contributed by atoms with Gasteiger partial charge in [0.05, 0.1) is 10.5 Å². The molecule has 0 unspecified atom stereocenters. The van der Waals surface area contributed by atoms with Gasteiger partial charge in [-0.25, -0.2) is 13.6 Å². The Morgan fingerprint density at radius 1 is 1.31 bits per heavy atom. The van der Waals surface area contributed by atoms with E-state index in [0.717, 1.165) is 0 Å². The van der Waals surface area contributed by atoms with E-state index in [1.54, 1.807) is 0 Å². The van der Waals surface area contributed by atoms with Crippen molar-refractivity contribution in [3.63, 3.8) is 0 Å². The van der Waals surface area contributed by atoms with Crippen LogP contribution in [0.1, 0.15) is 10.4 Å². The van der Waals surface area contributed by atoms with Crippen LogP contribution in [0.15, 0.2) is 23.1 Å². The van der Waals surface area contributed by atoms with E-state index in [4.69, 9.17) is 10.9 Å². The van der Waals surface area contributed by atoms with E-state index in [1.807, 2.05) is 0 Å². The number of hydrogen-bond acceptors (Lipinski definition) is 4. The van der Waals surface area contributed by atoms with Crippen LogP contribution in [0.2, 0.25) is 0 Å². The lowest BCUT2D eigenvalue weighted by atomic mass is 10.2. The first-order valence-corrected chi connectivity index (χ1v) is 5.92. The molecule has 6 nitrogen and oxygen atoms in total. The van der Waals surface area contributed by atoms with Crippen molar-refractivity contribution in [2.75, 3.05) is 19.8 Å². The number of rotatable bonds is 2. The average molecular weight is 243 g/mol. The summed E-state index contributed by atoms with van der Waals surface area (Å²) in [5.41, 5.74) is 5.71. The Morgan fingerprint density at radius 2 is 1.88 bits per heavy atom. The second kappa shape index (κ2) is 4.11. The van der Waals surface area contributed by atoms with Gasteiger partial charge in [0.1, 0.15) is 0 Å². The molecular formula is C9H13N3O3S. The second-order valence-corrected chi connectivity index (χ2v) is 5.03. The van der Waals surface area contributed by atoms with Crippen LogP contribution < -0.4 is 10.9 Å². The maximum absolute atomic E-state index is 11.7. The van der Waals surface area contributed by atoms with Crippen LogP contribution in [-0.4, -0.2) is 33.3 Å². The third-order valence-corrected chi connectivity index (χ3v) is 2.90. The SMILES string of the molecule is CN(C)C(=O)c1ccc(N)cc1S(N)(=O)=O. The Balaban J connectivity index is 3.47. The van der Waals surface area contributed by atoms with Gasteiger partial charge in [0, 0.05) is 19.8 Å². The van der Waals surface area contributed by atoms with Gasteiger partial charge in [-0.05, 0) is 18.2 Å². The number of nitrogen functional groups attached to an aromatic ring is 1. The van der Waals surface area contributed by atoms with Crippen LogP contribution in [0.4, 0.5) is 5.69 Å². The highest BCUT2D eigenvalue weighted by molar-refractivity contribution is 7.89. The molecule has 1 amide bonds. The molecule has 0 aliphatic rings. The van der Waals surface area contributed by atoms with Gasteiger partial charge in [-0.15, -0.1) is 0 Å². The summed E-state index contributed by atoms with van der Waals surface area (Å²) < 4.78 is 22.6. The molecule has 0 atom stereocenters. The van der Waals surface area contributed by atoms with Gasteiger partial charge in [-0.2, -0.15) is 0 Å². The number of primary sulfonamides is 1. The minimum atomic E-state index is -3.96. The van der Waals surface area contributed by atoms with E-state index in [2.05, 4.69) is 0 Å². The molecule has 0 spiro atoms. The number of anilines is 1. The zero-order chi connectivity index (χ0) is 12.5. The van der Waals surface area contributed by atoms with Crippen molar-refractivity contribution < 1.29 is 13.2 Å². The number of carbonyl (C=O) groups is 1. The molecular weight excluding hydrogens is 230 g/mol. The Labute approximate surface area is 93.9 Å². The molecule has 7 heteroatoms. The molecule has 1 aromatic rings. The quantitative estimate of drug-likeness (QED) is 0.690. The summed E-state index contributed by atoms with van der Waals surface area (Å²) in [4.78, 5) is 12.7. The number of nitrogens with two attached hydrogens (primary N) is 2. The number of amides is 1. The van der Waals surface area contributed by atoms with Crippen LogP contribution in [0.5, 0.6) is 0 Å². The Kier molecular flexibility index (Phi) is 3.20. The van der Waals surface area contributed by atoms with Crippen molar-refractivity contribution in [1.29, 1.82) is 0 Å². The van der Waals surface area contributed by atoms with E-state index < -0.39 is 15.9 Å². The normalized spacial score (nSPS) is 11.2. The fourth-order valence-electron chi connectivity index (χ4n) is 1.19. The molecule has 0 saturated carbocycles. The van der Waals surface area contributed by atoms with Crippen LogP contribution in [0, 0.1) is 0 Å². The summed E-state index contributed by atoms with van der Waals surface area (Å²) in [6.45, 7) is 0. The third kappa shape index (κ3) is 2.50. The Morgan fingerprint density at radius 3 is 2.31 bits per heavy atom.